The second kappa shape index (κ2) is 10.7. The molecule has 190 valence electrons. The highest BCUT2D eigenvalue weighted by atomic mass is 32.2. The third-order valence-electron chi connectivity index (χ3n) is 6.05. The van der Waals surface area contributed by atoms with E-state index in [0.29, 0.717) is 43.2 Å². The van der Waals surface area contributed by atoms with Gasteiger partial charge in [-0.1, -0.05) is 18.2 Å². The second-order valence-corrected chi connectivity index (χ2v) is 10.5. The Morgan fingerprint density at radius 1 is 1.00 bits per heavy atom. The summed E-state index contributed by atoms with van der Waals surface area (Å²) in [5.41, 5.74) is 3.29. The topological polar surface area (TPSA) is 107 Å². The molecule has 36 heavy (non-hydrogen) atoms. The Morgan fingerprint density at radius 2 is 1.64 bits per heavy atom. The number of nitrogens with zero attached hydrogens (tertiary/aromatic N) is 2. The molecule has 1 N–H and O–H groups in total. The maximum absolute atomic E-state index is 12.8. The first-order valence-electron chi connectivity index (χ1n) is 11.6. The molecule has 1 aliphatic rings. The smallest absolute Gasteiger partial charge is 0.340 e. The Balaban J connectivity index is 1.40. The van der Waals surface area contributed by atoms with Crippen molar-refractivity contribution < 1.29 is 27.5 Å². The molecule has 1 aromatic heterocycles. The zero-order valence-corrected chi connectivity index (χ0v) is 21.2. The second-order valence-electron chi connectivity index (χ2n) is 8.53. The van der Waals surface area contributed by atoms with Crippen LogP contribution in [0.2, 0.25) is 0 Å². The number of rotatable bonds is 7. The first kappa shape index (κ1) is 25.6. The summed E-state index contributed by atoms with van der Waals surface area (Å²) in [6.45, 7) is 6.54. The molecular weight excluding hydrogens is 482 g/mol. The average molecular weight is 512 g/mol. The van der Waals surface area contributed by atoms with Gasteiger partial charge in [0.15, 0.2) is 6.10 Å². The minimum Gasteiger partial charge on any atom is -0.449 e. The van der Waals surface area contributed by atoms with Crippen LogP contribution in [-0.2, 0) is 24.3 Å². The number of carbonyl (C=O) groups excluding carboxylic acids is 2. The SMILES string of the molecule is Cc1cc(C(=O)O[C@H](C)C(=O)Nc2ccc(S(=O)(=O)N3CCOCC3)cc2)c(C)n1-c1ccccc1. The molecule has 4 rings (SSSR count). The van der Waals surface area contributed by atoms with Crippen LogP contribution in [0.15, 0.2) is 65.6 Å². The molecule has 1 fully saturated rings. The number of ether oxygens (including phenoxy) is 2. The van der Waals surface area contributed by atoms with Crippen molar-refractivity contribution in [1.82, 2.24) is 8.87 Å². The van der Waals surface area contributed by atoms with E-state index in [4.69, 9.17) is 9.47 Å². The lowest BCUT2D eigenvalue weighted by molar-refractivity contribution is -0.123. The normalized spacial score (nSPS) is 15.3. The number of aromatic nitrogens is 1. The summed E-state index contributed by atoms with van der Waals surface area (Å²) in [7, 11) is -3.63. The molecule has 1 aliphatic heterocycles. The molecule has 0 aliphatic carbocycles. The van der Waals surface area contributed by atoms with Crippen molar-refractivity contribution in [2.24, 2.45) is 0 Å². The molecule has 1 atom stereocenters. The van der Waals surface area contributed by atoms with Gasteiger partial charge < -0.3 is 19.4 Å². The number of carbonyl (C=O) groups is 2. The first-order valence-corrected chi connectivity index (χ1v) is 13.1. The predicted octanol–water partition coefficient (Wildman–Crippen LogP) is 3.30. The standard InChI is InChI=1S/C26H29N3O6S/c1-18-17-24(19(2)29(18)22-7-5-4-6-8-22)26(31)35-20(3)25(30)27-21-9-11-23(12-10-21)36(32,33)28-13-15-34-16-14-28/h4-12,17,20H,13-16H2,1-3H3,(H,27,30)/t20-/m1/s1. The van der Waals surface area contributed by atoms with Crippen LogP contribution < -0.4 is 5.32 Å². The summed E-state index contributed by atoms with van der Waals surface area (Å²) >= 11 is 0. The van der Waals surface area contributed by atoms with Crippen LogP contribution in [0.4, 0.5) is 5.69 Å². The van der Waals surface area contributed by atoms with Gasteiger partial charge in [0.2, 0.25) is 10.0 Å². The van der Waals surface area contributed by atoms with Gasteiger partial charge in [0.25, 0.3) is 5.91 Å². The number of anilines is 1. The third kappa shape index (κ3) is 5.35. The lowest BCUT2D eigenvalue weighted by Crippen LogP contribution is -2.40. The number of esters is 1. The monoisotopic (exact) mass is 511 g/mol. The highest BCUT2D eigenvalue weighted by Crippen LogP contribution is 2.23. The van der Waals surface area contributed by atoms with Gasteiger partial charge in [0.1, 0.15) is 0 Å². The van der Waals surface area contributed by atoms with Gasteiger partial charge >= 0.3 is 5.97 Å². The fourth-order valence-electron chi connectivity index (χ4n) is 4.11. The number of benzene rings is 2. The van der Waals surface area contributed by atoms with Gasteiger partial charge in [-0.2, -0.15) is 4.31 Å². The van der Waals surface area contributed by atoms with Gasteiger partial charge in [0, 0.05) is 35.9 Å². The molecule has 3 aromatic rings. The molecule has 9 nitrogen and oxygen atoms in total. The van der Waals surface area contributed by atoms with Crippen molar-refractivity contribution >= 4 is 27.6 Å². The number of hydrogen-bond acceptors (Lipinski definition) is 6. The van der Waals surface area contributed by atoms with E-state index in [9.17, 15) is 18.0 Å². The summed E-state index contributed by atoms with van der Waals surface area (Å²) in [5, 5.41) is 2.66. The first-order chi connectivity index (χ1) is 17.2. The molecule has 0 spiro atoms. The van der Waals surface area contributed by atoms with Crippen LogP contribution in [0, 0.1) is 13.8 Å². The molecule has 2 heterocycles. The minimum absolute atomic E-state index is 0.135. The molecule has 0 unspecified atom stereocenters. The van der Waals surface area contributed by atoms with Crippen molar-refractivity contribution in [3.63, 3.8) is 0 Å². The van der Waals surface area contributed by atoms with Gasteiger partial charge in [-0.15, -0.1) is 0 Å². The highest BCUT2D eigenvalue weighted by Gasteiger charge is 2.27. The number of nitrogens with one attached hydrogen (secondary N) is 1. The largest absolute Gasteiger partial charge is 0.449 e. The summed E-state index contributed by atoms with van der Waals surface area (Å²) in [6, 6.07) is 17.3. The van der Waals surface area contributed by atoms with Gasteiger partial charge in [-0.3, -0.25) is 4.79 Å². The molecule has 0 bridgehead atoms. The molecule has 1 amide bonds. The van der Waals surface area contributed by atoms with Crippen molar-refractivity contribution in [1.29, 1.82) is 0 Å². The number of sulfonamides is 1. The number of hydrogen-bond donors (Lipinski definition) is 1. The fourth-order valence-corrected chi connectivity index (χ4v) is 5.52. The van der Waals surface area contributed by atoms with E-state index in [2.05, 4.69) is 5.32 Å². The summed E-state index contributed by atoms with van der Waals surface area (Å²) in [4.78, 5) is 25.6. The molecule has 0 saturated carbocycles. The van der Waals surface area contributed by atoms with Crippen molar-refractivity contribution in [3.8, 4) is 5.69 Å². The van der Waals surface area contributed by atoms with Gasteiger partial charge in [-0.05, 0) is 63.2 Å². The van der Waals surface area contributed by atoms with E-state index in [0.717, 1.165) is 11.4 Å². The van der Waals surface area contributed by atoms with Crippen molar-refractivity contribution in [2.45, 2.75) is 31.8 Å². The molecule has 10 heteroatoms. The van der Waals surface area contributed by atoms with E-state index >= 15 is 0 Å². The van der Waals surface area contributed by atoms with E-state index in [1.807, 2.05) is 48.7 Å². The van der Waals surface area contributed by atoms with Crippen LogP contribution >= 0.6 is 0 Å². The Morgan fingerprint density at radius 3 is 2.28 bits per heavy atom. The van der Waals surface area contributed by atoms with Crippen LogP contribution in [0.1, 0.15) is 28.7 Å². The Labute approximate surface area is 210 Å². The Kier molecular flexibility index (Phi) is 7.58. The molecule has 1 saturated heterocycles. The van der Waals surface area contributed by atoms with Crippen LogP contribution in [0.3, 0.4) is 0 Å². The maximum atomic E-state index is 12.8. The summed E-state index contributed by atoms with van der Waals surface area (Å²) < 4.78 is 39.5. The van der Waals surface area contributed by atoms with Gasteiger partial charge in [-0.25, -0.2) is 13.2 Å². The lowest BCUT2D eigenvalue weighted by Gasteiger charge is -2.26. The van der Waals surface area contributed by atoms with E-state index in [1.165, 1.54) is 35.5 Å². The lowest BCUT2D eigenvalue weighted by atomic mass is 10.2. The van der Waals surface area contributed by atoms with Crippen molar-refractivity contribution in [2.75, 3.05) is 31.6 Å². The zero-order chi connectivity index (χ0) is 25.9. The van der Waals surface area contributed by atoms with Gasteiger partial charge in [0.05, 0.1) is 23.7 Å². The minimum atomic E-state index is -3.63. The fraction of sp³-hybridized carbons (Fsp3) is 0.308. The van der Waals surface area contributed by atoms with E-state index in [-0.39, 0.29) is 4.90 Å². The summed E-state index contributed by atoms with van der Waals surface area (Å²) in [5.74, 6) is -1.12. The molecule has 0 radical (unpaired) electrons. The average Bonchev–Trinajstić information content (AvgIpc) is 3.19. The van der Waals surface area contributed by atoms with Crippen LogP contribution in [0.25, 0.3) is 5.69 Å². The zero-order valence-electron chi connectivity index (χ0n) is 20.4. The number of morpholine rings is 1. The number of aryl methyl sites for hydroxylation is 1. The number of amides is 1. The van der Waals surface area contributed by atoms with E-state index < -0.39 is 28.0 Å². The van der Waals surface area contributed by atoms with Crippen LogP contribution in [0.5, 0.6) is 0 Å². The quantitative estimate of drug-likeness (QED) is 0.488. The molecule has 2 aromatic carbocycles. The Bertz CT molecular complexity index is 1340. The van der Waals surface area contributed by atoms with Crippen molar-refractivity contribution in [3.05, 3.63) is 77.6 Å². The van der Waals surface area contributed by atoms with E-state index in [1.54, 1.807) is 6.07 Å². The Hall–Kier alpha value is -3.47. The number of para-hydroxylation sites is 1. The predicted molar refractivity (Wildman–Crippen MR) is 135 cm³/mol. The summed E-state index contributed by atoms with van der Waals surface area (Å²) in [6.07, 6.45) is -1.06. The third-order valence-corrected chi connectivity index (χ3v) is 7.96. The van der Waals surface area contributed by atoms with Crippen LogP contribution in [-0.4, -0.2) is 61.6 Å². The maximum Gasteiger partial charge on any atom is 0.340 e. The highest BCUT2D eigenvalue weighted by molar-refractivity contribution is 7.89. The molecular formula is C26H29N3O6S.